The predicted octanol–water partition coefficient (Wildman–Crippen LogP) is 1.72. The third kappa shape index (κ3) is 3.85. The molecule has 0 radical (unpaired) electrons. The van der Waals surface area contributed by atoms with Crippen LogP contribution in [0, 0.1) is 0 Å². The summed E-state index contributed by atoms with van der Waals surface area (Å²) in [6.07, 6.45) is 3.04. The number of hydrogen-bond donors (Lipinski definition) is 2. The van der Waals surface area contributed by atoms with Crippen molar-refractivity contribution < 1.29 is 19.7 Å². The molecule has 0 bridgehead atoms. The van der Waals surface area contributed by atoms with Gasteiger partial charge in [0.1, 0.15) is 11.3 Å². The summed E-state index contributed by atoms with van der Waals surface area (Å²) in [5.41, 5.74) is -1.32. The fraction of sp³-hybridized carbons (Fsp3) is 0.200. The van der Waals surface area contributed by atoms with Crippen LogP contribution in [0.15, 0.2) is 47.5 Å². The Morgan fingerprint density at radius 2 is 1.90 bits per heavy atom. The summed E-state index contributed by atoms with van der Waals surface area (Å²) in [5.74, 6) is -1.17. The molecular formula is C15H15NO5. The molecule has 0 amide bonds. The van der Waals surface area contributed by atoms with Crippen molar-refractivity contribution in [2.75, 3.05) is 6.61 Å². The van der Waals surface area contributed by atoms with Crippen LogP contribution in [-0.4, -0.2) is 27.4 Å². The maximum absolute atomic E-state index is 11.4. The number of carboxylic acid groups (broad SMARTS) is 1. The predicted molar refractivity (Wildman–Crippen MR) is 75.9 cm³/mol. The zero-order chi connectivity index (χ0) is 15.2. The average Bonchev–Trinajstić information content (AvgIpc) is 2.47. The summed E-state index contributed by atoms with van der Waals surface area (Å²) >= 11 is 0. The number of aromatic carboxylic acids is 1. The number of para-hydroxylation sites is 1. The largest absolute Gasteiger partial charge is 0.503 e. The molecule has 2 aromatic rings. The number of aryl methyl sites for hydroxylation is 1. The van der Waals surface area contributed by atoms with Crippen LogP contribution in [-0.2, 0) is 6.54 Å². The SMILES string of the molecule is O=C(O)c1cn(CCCOc2ccccc2)cc(O)c1=O. The quantitative estimate of drug-likeness (QED) is 0.790. The second kappa shape index (κ2) is 6.60. The molecule has 0 spiro atoms. The maximum Gasteiger partial charge on any atom is 0.341 e. The van der Waals surface area contributed by atoms with Crippen molar-refractivity contribution in [3.8, 4) is 11.5 Å². The molecule has 110 valence electrons. The number of pyridine rings is 1. The number of nitrogens with zero attached hydrogens (tertiary/aromatic N) is 1. The van der Waals surface area contributed by atoms with Gasteiger partial charge < -0.3 is 19.5 Å². The van der Waals surface area contributed by atoms with E-state index in [1.807, 2.05) is 30.3 Å². The van der Waals surface area contributed by atoms with Gasteiger partial charge in [-0.15, -0.1) is 0 Å². The summed E-state index contributed by atoms with van der Waals surface area (Å²) in [4.78, 5) is 22.3. The second-order valence-electron chi connectivity index (χ2n) is 4.44. The van der Waals surface area contributed by atoms with Crippen LogP contribution in [0.5, 0.6) is 11.5 Å². The van der Waals surface area contributed by atoms with E-state index in [1.165, 1.54) is 17.0 Å². The highest BCUT2D eigenvalue weighted by atomic mass is 16.5. The Hall–Kier alpha value is -2.76. The summed E-state index contributed by atoms with van der Waals surface area (Å²) in [7, 11) is 0. The summed E-state index contributed by atoms with van der Waals surface area (Å²) < 4.78 is 6.97. The Bertz CT molecular complexity index is 678. The Morgan fingerprint density at radius 1 is 1.19 bits per heavy atom. The minimum atomic E-state index is -1.36. The van der Waals surface area contributed by atoms with E-state index in [1.54, 1.807) is 0 Å². The topological polar surface area (TPSA) is 88.8 Å². The first-order valence-corrected chi connectivity index (χ1v) is 6.42. The van der Waals surface area contributed by atoms with Gasteiger partial charge in [0.15, 0.2) is 5.75 Å². The van der Waals surface area contributed by atoms with Gasteiger partial charge in [0.2, 0.25) is 5.43 Å². The average molecular weight is 289 g/mol. The first-order chi connectivity index (χ1) is 10.1. The number of benzene rings is 1. The summed E-state index contributed by atoms with van der Waals surface area (Å²) in [6, 6.07) is 9.31. The highest BCUT2D eigenvalue weighted by Crippen LogP contribution is 2.09. The third-order valence-electron chi connectivity index (χ3n) is 2.86. The lowest BCUT2D eigenvalue weighted by atomic mass is 10.2. The van der Waals surface area contributed by atoms with Crippen LogP contribution < -0.4 is 10.2 Å². The molecule has 6 nitrogen and oxygen atoms in total. The molecule has 2 N–H and O–H groups in total. The molecule has 0 atom stereocenters. The van der Waals surface area contributed by atoms with Gasteiger partial charge in [0, 0.05) is 18.9 Å². The monoisotopic (exact) mass is 289 g/mol. The van der Waals surface area contributed by atoms with Gasteiger partial charge in [0.25, 0.3) is 0 Å². The molecule has 0 fully saturated rings. The summed E-state index contributed by atoms with van der Waals surface area (Å²) in [6.45, 7) is 0.875. The fourth-order valence-electron chi connectivity index (χ4n) is 1.85. The number of aromatic nitrogens is 1. The van der Waals surface area contributed by atoms with Crippen molar-refractivity contribution in [2.24, 2.45) is 0 Å². The molecule has 1 aromatic carbocycles. The van der Waals surface area contributed by atoms with Crippen molar-refractivity contribution >= 4 is 5.97 Å². The molecule has 0 aliphatic heterocycles. The van der Waals surface area contributed by atoms with E-state index in [9.17, 15) is 14.7 Å². The van der Waals surface area contributed by atoms with E-state index in [4.69, 9.17) is 9.84 Å². The van der Waals surface area contributed by atoms with E-state index in [2.05, 4.69) is 0 Å². The van der Waals surface area contributed by atoms with Crippen molar-refractivity contribution in [3.05, 3.63) is 58.5 Å². The molecule has 0 aliphatic rings. The first-order valence-electron chi connectivity index (χ1n) is 6.42. The number of carboxylic acids is 1. The number of aromatic hydroxyl groups is 1. The van der Waals surface area contributed by atoms with E-state index < -0.39 is 22.7 Å². The second-order valence-corrected chi connectivity index (χ2v) is 4.44. The number of ether oxygens (including phenoxy) is 1. The van der Waals surface area contributed by atoms with E-state index >= 15 is 0 Å². The lowest BCUT2D eigenvalue weighted by molar-refractivity contribution is 0.0693. The molecule has 0 saturated heterocycles. The lowest BCUT2D eigenvalue weighted by Crippen LogP contribution is -2.18. The third-order valence-corrected chi connectivity index (χ3v) is 2.86. The molecule has 6 heteroatoms. The molecule has 0 aliphatic carbocycles. The Labute approximate surface area is 120 Å². The van der Waals surface area contributed by atoms with Gasteiger partial charge in [-0.1, -0.05) is 18.2 Å². The number of hydrogen-bond acceptors (Lipinski definition) is 4. The van der Waals surface area contributed by atoms with Gasteiger partial charge >= 0.3 is 5.97 Å². The van der Waals surface area contributed by atoms with Gasteiger partial charge in [-0.05, 0) is 18.6 Å². The zero-order valence-electron chi connectivity index (χ0n) is 11.2. The van der Waals surface area contributed by atoms with Crippen molar-refractivity contribution in [1.82, 2.24) is 4.57 Å². The fourth-order valence-corrected chi connectivity index (χ4v) is 1.85. The molecule has 2 rings (SSSR count). The molecule has 0 saturated carbocycles. The Kier molecular flexibility index (Phi) is 4.61. The number of carbonyl (C=O) groups is 1. The van der Waals surface area contributed by atoms with Gasteiger partial charge in [-0.2, -0.15) is 0 Å². The minimum Gasteiger partial charge on any atom is -0.503 e. The molecule has 1 heterocycles. The van der Waals surface area contributed by atoms with Crippen molar-refractivity contribution in [3.63, 3.8) is 0 Å². The van der Waals surface area contributed by atoms with E-state index in [0.717, 1.165) is 5.75 Å². The molecule has 0 unspecified atom stereocenters. The van der Waals surface area contributed by atoms with E-state index in [-0.39, 0.29) is 0 Å². The normalized spacial score (nSPS) is 10.3. The van der Waals surface area contributed by atoms with Crippen LogP contribution in [0.3, 0.4) is 0 Å². The first kappa shape index (κ1) is 14.6. The maximum atomic E-state index is 11.4. The van der Waals surface area contributed by atoms with Crippen molar-refractivity contribution in [2.45, 2.75) is 13.0 Å². The van der Waals surface area contributed by atoms with Gasteiger partial charge in [-0.3, -0.25) is 4.79 Å². The van der Waals surface area contributed by atoms with Crippen LogP contribution in [0.1, 0.15) is 16.8 Å². The van der Waals surface area contributed by atoms with Gasteiger partial charge in [-0.25, -0.2) is 4.79 Å². The van der Waals surface area contributed by atoms with Crippen molar-refractivity contribution in [1.29, 1.82) is 0 Å². The molecule has 1 aromatic heterocycles. The van der Waals surface area contributed by atoms with Gasteiger partial charge in [0.05, 0.1) is 6.61 Å². The Morgan fingerprint density at radius 3 is 2.57 bits per heavy atom. The molecular weight excluding hydrogens is 274 g/mol. The standard InChI is InChI=1S/C15H15NO5/c17-13-10-16(9-12(14(13)18)15(19)20)7-4-8-21-11-5-2-1-3-6-11/h1-3,5-6,9-10,17H,4,7-8H2,(H,19,20). The highest BCUT2D eigenvalue weighted by molar-refractivity contribution is 5.87. The van der Waals surface area contributed by atoms with E-state index in [0.29, 0.717) is 19.6 Å². The lowest BCUT2D eigenvalue weighted by Gasteiger charge is -2.09. The number of rotatable bonds is 6. The van der Waals surface area contributed by atoms with Crippen LogP contribution in [0.4, 0.5) is 0 Å². The van der Waals surface area contributed by atoms with Crippen LogP contribution in [0.25, 0.3) is 0 Å². The Balaban J connectivity index is 1.94. The van der Waals surface area contributed by atoms with Crippen LogP contribution in [0.2, 0.25) is 0 Å². The van der Waals surface area contributed by atoms with Crippen LogP contribution >= 0.6 is 0 Å². The smallest absolute Gasteiger partial charge is 0.341 e. The molecule has 21 heavy (non-hydrogen) atoms. The zero-order valence-corrected chi connectivity index (χ0v) is 11.2. The minimum absolute atomic E-state index is 0.432. The summed E-state index contributed by atoms with van der Waals surface area (Å²) in [5, 5.41) is 18.3. The highest BCUT2D eigenvalue weighted by Gasteiger charge is 2.12.